The van der Waals surface area contributed by atoms with Crippen LogP contribution in [-0.4, -0.2) is 35.8 Å². The van der Waals surface area contributed by atoms with Crippen molar-refractivity contribution in [3.8, 4) is 0 Å². The lowest BCUT2D eigenvalue weighted by Gasteiger charge is -2.15. The Morgan fingerprint density at radius 3 is 3.00 bits per heavy atom. The summed E-state index contributed by atoms with van der Waals surface area (Å²) in [7, 11) is 0. The fourth-order valence-corrected chi connectivity index (χ4v) is 2.95. The molecule has 2 N–H and O–H groups in total. The molecule has 2 atom stereocenters. The normalized spacial score (nSPS) is 23.3. The number of H-pyrrole nitrogens is 1. The minimum atomic E-state index is 0.326. The molecule has 19 heavy (non-hydrogen) atoms. The van der Waals surface area contributed by atoms with Gasteiger partial charge in [0.15, 0.2) is 0 Å². The van der Waals surface area contributed by atoms with Crippen molar-refractivity contribution in [3.63, 3.8) is 0 Å². The molecule has 2 unspecified atom stereocenters. The largest absolute Gasteiger partial charge is 0.379 e. The van der Waals surface area contributed by atoms with Crippen LogP contribution in [0.5, 0.6) is 0 Å². The van der Waals surface area contributed by atoms with Crippen LogP contribution in [0.1, 0.15) is 29.8 Å². The molecule has 3 rings (SSSR count). The van der Waals surface area contributed by atoms with E-state index in [1.165, 1.54) is 11.1 Å². The third kappa shape index (κ3) is 2.26. The first-order valence-corrected chi connectivity index (χ1v) is 6.97. The smallest absolute Gasteiger partial charge is 0.114 e. The molecule has 0 saturated carbocycles. The van der Waals surface area contributed by atoms with Gasteiger partial charge in [-0.2, -0.15) is 0 Å². The molecular formula is C15H21N3O. The molecule has 102 valence electrons. The number of aryl methyl sites for hydroxylation is 2. The Morgan fingerprint density at radius 2 is 2.21 bits per heavy atom. The first-order valence-electron chi connectivity index (χ1n) is 6.97. The predicted molar refractivity (Wildman–Crippen MR) is 76.6 cm³/mol. The van der Waals surface area contributed by atoms with E-state index in [1.54, 1.807) is 0 Å². The van der Waals surface area contributed by atoms with Crippen LogP contribution in [-0.2, 0) is 4.74 Å². The van der Waals surface area contributed by atoms with Crippen LogP contribution in [0, 0.1) is 13.8 Å². The zero-order valence-corrected chi connectivity index (χ0v) is 11.8. The van der Waals surface area contributed by atoms with E-state index < -0.39 is 0 Å². The molecule has 0 spiro atoms. The van der Waals surface area contributed by atoms with Gasteiger partial charge in [-0.3, -0.25) is 0 Å². The summed E-state index contributed by atoms with van der Waals surface area (Å²) in [5.74, 6) is 1.37. The molecule has 1 aromatic heterocycles. The molecule has 0 bridgehead atoms. The van der Waals surface area contributed by atoms with Crippen LogP contribution in [0.25, 0.3) is 11.0 Å². The molecule has 1 fully saturated rings. The Morgan fingerprint density at radius 1 is 1.37 bits per heavy atom. The molecule has 4 heteroatoms. The number of benzene rings is 1. The van der Waals surface area contributed by atoms with Crippen LogP contribution < -0.4 is 5.32 Å². The van der Waals surface area contributed by atoms with Crippen LogP contribution in [0.15, 0.2) is 12.1 Å². The number of hydrogen-bond acceptors (Lipinski definition) is 3. The zero-order chi connectivity index (χ0) is 13.4. The fourth-order valence-electron chi connectivity index (χ4n) is 2.95. The number of fused-ring (bicyclic) bond motifs is 1. The van der Waals surface area contributed by atoms with Crippen molar-refractivity contribution >= 4 is 11.0 Å². The zero-order valence-electron chi connectivity index (χ0n) is 11.8. The van der Waals surface area contributed by atoms with Gasteiger partial charge < -0.3 is 15.0 Å². The van der Waals surface area contributed by atoms with Gasteiger partial charge in [0.1, 0.15) is 5.82 Å². The van der Waals surface area contributed by atoms with E-state index in [0.717, 1.165) is 36.6 Å². The van der Waals surface area contributed by atoms with Gasteiger partial charge in [0.2, 0.25) is 0 Å². The first-order chi connectivity index (χ1) is 9.19. The molecule has 0 radical (unpaired) electrons. The van der Waals surface area contributed by atoms with E-state index in [4.69, 9.17) is 9.72 Å². The van der Waals surface area contributed by atoms with Crippen molar-refractivity contribution in [1.29, 1.82) is 0 Å². The van der Waals surface area contributed by atoms with E-state index in [2.05, 4.69) is 43.2 Å². The average Bonchev–Trinajstić information content (AvgIpc) is 2.95. The van der Waals surface area contributed by atoms with Crippen LogP contribution in [0.3, 0.4) is 0 Å². The first kappa shape index (κ1) is 12.6. The highest BCUT2D eigenvalue weighted by Crippen LogP contribution is 2.27. The fraction of sp³-hybridized carbons (Fsp3) is 0.533. The summed E-state index contributed by atoms with van der Waals surface area (Å²) < 4.78 is 5.60. The number of likely N-dealkylation sites (N-methyl/N-ethyl adjacent to an activating group) is 1. The molecule has 1 saturated heterocycles. The number of aromatic nitrogens is 2. The van der Waals surface area contributed by atoms with Gasteiger partial charge >= 0.3 is 0 Å². The average molecular weight is 259 g/mol. The molecular weight excluding hydrogens is 238 g/mol. The van der Waals surface area contributed by atoms with Crippen molar-refractivity contribution in [2.45, 2.75) is 32.7 Å². The number of imidazole rings is 1. The Labute approximate surface area is 113 Å². The molecule has 1 aliphatic heterocycles. The Kier molecular flexibility index (Phi) is 3.29. The second kappa shape index (κ2) is 4.94. The van der Waals surface area contributed by atoms with Gasteiger partial charge in [0.05, 0.1) is 30.2 Å². The van der Waals surface area contributed by atoms with E-state index >= 15 is 0 Å². The second-order valence-corrected chi connectivity index (χ2v) is 5.41. The summed E-state index contributed by atoms with van der Waals surface area (Å²) in [6.45, 7) is 8.84. The van der Waals surface area contributed by atoms with Crippen molar-refractivity contribution in [2.75, 3.05) is 19.8 Å². The maximum Gasteiger partial charge on any atom is 0.114 e. The molecule has 2 heterocycles. The van der Waals surface area contributed by atoms with Crippen molar-refractivity contribution in [1.82, 2.24) is 15.3 Å². The van der Waals surface area contributed by atoms with Crippen LogP contribution in [0.2, 0.25) is 0 Å². The lowest BCUT2D eigenvalue weighted by Crippen LogP contribution is -2.34. The predicted octanol–water partition coefficient (Wildman–Crippen LogP) is 2.27. The Bertz CT molecular complexity index is 590. The number of aromatic amines is 1. The highest BCUT2D eigenvalue weighted by Gasteiger charge is 2.31. The monoisotopic (exact) mass is 259 g/mol. The van der Waals surface area contributed by atoms with Gasteiger partial charge in [-0.05, 0) is 37.6 Å². The van der Waals surface area contributed by atoms with Gasteiger partial charge in [0, 0.05) is 6.04 Å². The van der Waals surface area contributed by atoms with Gasteiger partial charge in [0.25, 0.3) is 0 Å². The van der Waals surface area contributed by atoms with E-state index in [1.807, 2.05) is 0 Å². The van der Waals surface area contributed by atoms with Crippen molar-refractivity contribution in [2.24, 2.45) is 0 Å². The molecule has 1 aromatic carbocycles. The highest BCUT2D eigenvalue weighted by molar-refractivity contribution is 5.79. The third-order valence-electron chi connectivity index (χ3n) is 3.84. The third-order valence-corrected chi connectivity index (χ3v) is 3.84. The van der Waals surface area contributed by atoms with Crippen LogP contribution in [0.4, 0.5) is 0 Å². The Hall–Kier alpha value is -1.39. The summed E-state index contributed by atoms with van der Waals surface area (Å²) in [6, 6.07) is 4.71. The summed E-state index contributed by atoms with van der Waals surface area (Å²) in [4.78, 5) is 8.27. The van der Waals surface area contributed by atoms with Gasteiger partial charge in [-0.25, -0.2) is 4.98 Å². The standard InChI is InChI=1S/C15H21N3O/c1-4-16-13-8-19-7-11(13)15-17-12-6-9(2)5-10(3)14(12)18-15/h5-6,11,13,16H,4,7-8H2,1-3H3,(H,17,18). The maximum atomic E-state index is 5.60. The number of ether oxygens (including phenoxy) is 1. The van der Waals surface area contributed by atoms with Crippen molar-refractivity contribution < 1.29 is 4.74 Å². The topological polar surface area (TPSA) is 49.9 Å². The molecule has 2 aromatic rings. The quantitative estimate of drug-likeness (QED) is 0.889. The van der Waals surface area contributed by atoms with E-state index in [-0.39, 0.29) is 0 Å². The van der Waals surface area contributed by atoms with Gasteiger partial charge in [-0.1, -0.05) is 13.0 Å². The van der Waals surface area contributed by atoms with Crippen LogP contribution >= 0.6 is 0 Å². The van der Waals surface area contributed by atoms with Crippen molar-refractivity contribution in [3.05, 3.63) is 29.1 Å². The van der Waals surface area contributed by atoms with Gasteiger partial charge in [-0.15, -0.1) is 0 Å². The lowest BCUT2D eigenvalue weighted by atomic mass is 10.0. The summed E-state index contributed by atoms with van der Waals surface area (Å²) in [5.41, 5.74) is 4.72. The minimum Gasteiger partial charge on any atom is -0.379 e. The summed E-state index contributed by atoms with van der Waals surface area (Å²) >= 11 is 0. The number of nitrogens with zero attached hydrogens (tertiary/aromatic N) is 1. The number of nitrogens with one attached hydrogen (secondary N) is 2. The highest BCUT2D eigenvalue weighted by atomic mass is 16.5. The Balaban J connectivity index is 1.99. The molecule has 0 aliphatic carbocycles. The molecule has 0 amide bonds. The summed E-state index contributed by atoms with van der Waals surface area (Å²) in [5, 5.41) is 3.48. The number of hydrogen-bond donors (Lipinski definition) is 2. The number of rotatable bonds is 3. The minimum absolute atomic E-state index is 0.326. The molecule has 1 aliphatic rings. The lowest BCUT2D eigenvalue weighted by molar-refractivity contribution is 0.187. The van der Waals surface area contributed by atoms with E-state index in [0.29, 0.717) is 12.0 Å². The second-order valence-electron chi connectivity index (χ2n) is 5.41. The maximum absolute atomic E-state index is 5.60. The molecule has 4 nitrogen and oxygen atoms in total. The summed E-state index contributed by atoms with van der Waals surface area (Å²) in [6.07, 6.45) is 0. The van der Waals surface area contributed by atoms with E-state index in [9.17, 15) is 0 Å². The SMILES string of the molecule is CCNC1COCC1c1nc2c(C)cc(C)cc2[nH]1.